The average molecular weight is 380 g/mol. The molecule has 0 aromatic heterocycles. The molecular formula is C22H24N2O4. The molecule has 0 radical (unpaired) electrons. The second-order valence-corrected chi connectivity index (χ2v) is 6.99. The van der Waals surface area contributed by atoms with Crippen molar-refractivity contribution in [2.24, 2.45) is 5.92 Å². The van der Waals surface area contributed by atoms with Crippen LogP contribution in [0.25, 0.3) is 0 Å². The summed E-state index contributed by atoms with van der Waals surface area (Å²) < 4.78 is 5.19. The number of allylic oxidation sites excluding steroid dienone is 2. The van der Waals surface area contributed by atoms with Gasteiger partial charge in [0.25, 0.3) is 5.69 Å². The van der Waals surface area contributed by atoms with E-state index in [9.17, 15) is 14.9 Å². The van der Waals surface area contributed by atoms with Crippen molar-refractivity contribution < 1.29 is 14.5 Å². The first-order chi connectivity index (χ1) is 13.5. The van der Waals surface area contributed by atoms with E-state index in [1.54, 1.807) is 13.2 Å². The molecule has 1 aliphatic rings. The Hall–Kier alpha value is -2.99. The summed E-state index contributed by atoms with van der Waals surface area (Å²) in [7, 11) is 1.67. The third kappa shape index (κ3) is 5.27. The van der Waals surface area contributed by atoms with Crippen LogP contribution in [0.5, 0.6) is 5.75 Å². The number of hydrogen-bond acceptors (Lipinski definition) is 5. The highest BCUT2D eigenvalue weighted by molar-refractivity contribution is 6.04. The summed E-state index contributed by atoms with van der Waals surface area (Å²) in [4.78, 5) is 24.9. The monoisotopic (exact) mass is 380 g/mol. The summed E-state index contributed by atoms with van der Waals surface area (Å²) in [6, 6.07) is 13.9. The Kier molecular flexibility index (Phi) is 6.55. The maximum Gasteiger partial charge on any atom is 0.269 e. The molecule has 0 N–H and O–H groups in total. The molecule has 2 aromatic carbocycles. The number of rotatable bonds is 7. The van der Waals surface area contributed by atoms with Gasteiger partial charge in [-0.05, 0) is 67.8 Å². The number of carbonyl (C=O) groups is 1. The van der Waals surface area contributed by atoms with Crippen molar-refractivity contribution in [1.29, 1.82) is 0 Å². The number of nitro benzene ring substituents is 1. The Morgan fingerprint density at radius 1 is 1.14 bits per heavy atom. The van der Waals surface area contributed by atoms with Crippen molar-refractivity contribution in [3.63, 3.8) is 0 Å². The van der Waals surface area contributed by atoms with Crippen LogP contribution in [0.1, 0.15) is 28.8 Å². The van der Waals surface area contributed by atoms with Crippen molar-refractivity contribution in [2.45, 2.75) is 19.4 Å². The number of nitro groups is 1. The van der Waals surface area contributed by atoms with Gasteiger partial charge in [0.15, 0.2) is 5.78 Å². The lowest BCUT2D eigenvalue weighted by atomic mass is 9.95. The number of benzene rings is 2. The lowest BCUT2D eigenvalue weighted by Gasteiger charge is -2.30. The molecule has 28 heavy (non-hydrogen) atoms. The number of non-ortho nitro benzene ring substituents is 1. The third-order valence-electron chi connectivity index (χ3n) is 5.08. The van der Waals surface area contributed by atoms with Gasteiger partial charge in [-0.15, -0.1) is 0 Å². The third-order valence-corrected chi connectivity index (χ3v) is 5.08. The van der Waals surface area contributed by atoms with Crippen LogP contribution in [0.4, 0.5) is 5.69 Å². The zero-order valence-electron chi connectivity index (χ0n) is 15.9. The zero-order valence-corrected chi connectivity index (χ0v) is 15.9. The Morgan fingerprint density at radius 2 is 1.79 bits per heavy atom. The van der Waals surface area contributed by atoms with Gasteiger partial charge in [-0.3, -0.25) is 19.8 Å². The maximum absolute atomic E-state index is 12.2. The SMILES string of the molecule is COc1ccc(CN2CCC(/C=C/C(=O)c3ccc([N+](=O)[O-])cc3)CC2)cc1. The molecule has 1 saturated heterocycles. The Morgan fingerprint density at radius 3 is 2.36 bits per heavy atom. The van der Waals surface area contributed by atoms with E-state index < -0.39 is 4.92 Å². The summed E-state index contributed by atoms with van der Waals surface area (Å²) in [5, 5.41) is 10.7. The molecule has 0 spiro atoms. The first-order valence-corrected chi connectivity index (χ1v) is 9.37. The highest BCUT2D eigenvalue weighted by Gasteiger charge is 2.18. The number of ketones is 1. The van der Waals surface area contributed by atoms with Crippen molar-refractivity contribution in [2.75, 3.05) is 20.2 Å². The molecular weight excluding hydrogens is 356 g/mol. The van der Waals surface area contributed by atoms with E-state index >= 15 is 0 Å². The Balaban J connectivity index is 1.47. The number of carbonyl (C=O) groups excluding carboxylic acids is 1. The van der Waals surface area contributed by atoms with E-state index in [0.29, 0.717) is 11.5 Å². The van der Waals surface area contributed by atoms with Gasteiger partial charge in [-0.25, -0.2) is 0 Å². The van der Waals surface area contributed by atoms with E-state index in [4.69, 9.17) is 4.74 Å². The standard InChI is InChI=1S/C22H24N2O4/c1-28-21-9-2-18(3-10-21)16-23-14-12-17(13-15-23)4-11-22(25)19-5-7-20(8-6-19)24(26)27/h2-11,17H,12-16H2,1H3/b11-4+. The number of hydrogen-bond donors (Lipinski definition) is 0. The van der Waals surface area contributed by atoms with Gasteiger partial charge in [0, 0.05) is 24.2 Å². The molecule has 0 saturated carbocycles. The van der Waals surface area contributed by atoms with E-state index in [2.05, 4.69) is 17.0 Å². The highest BCUT2D eigenvalue weighted by atomic mass is 16.6. The molecule has 1 aliphatic heterocycles. The number of methoxy groups -OCH3 is 1. The fourth-order valence-corrected chi connectivity index (χ4v) is 3.36. The summed E-state index contributed by atoms with van der Waals surface area (Å²) >= 11 is 0. The van der Waals surface area contributed by atoms with E-state index in [1.807, 2.05) is 18.2 Å². The largest absolute Gasteiger partial charge is 0.497 e. The average Bonchev–Trinajstić information content (AvgIpc) is 2.73. The van der Waals surface area contributed by atoms with Crippen LogP contribution in [-0.4, -0.2) is 35.8 Å². The van der Waals surface area contributed by atoms with Crippen molar-refractivity contribution in [1.82, 2.24) is 4.90 Å². The van der Waals surface area contributed by atoms with Gasteiger partial charge in [-0.2, -0.15) is 0 Å². The molecule has 0 unspecified atom stereocenters. The van der Waals surface area contributed by atoms with Gasteiger partial charge in [-0.1, -0.05) is 18.2 Å². The first-order valence-electron chi connectivity index (χ1n) is 9.37. The van der Waals surface area contributed by atoms with Gasteiger partial charge >= 0.3 is 0 Å². The van der Waals surface area contributed by atoms with Crippen LogP contribution in [0.2, 0.25) is 0 Å². The lowest BCUT2D eigenvalue weighted by Crippen LogP contribution is -2.32. The van der Waals surface area contributed by atoms with Crippen LogP contribution in [0.3, 0.4) is 0 Å². The van der Waals surface area contributed by atoms with E-state index in [0.717, 1.165) is 38.2 Å². The topological polar surface area (TPSA) is 72.7 Å². The van der Waals surface area contributed by atoms with Gasteiger partial charge in [0.05, 0.1) is 12.0 Å². The Labute approximate surface area is 164 Å². The molecule has 1 heterocycles. The van der Waals surface area contributed by atoms with Crippen LogP contribution < -0.4 is 4.74 Å². The highest BCUT2D eigenvalue weighted by Crippen LogP contribution is 2.21. The van der Waals surface area contributed by atoms with Crippen molar-refractivity contribution >= 4 is 11.5 Å². The molecule has 0 aliphatic carbocycles. The summed E-state index contributed by atoms with van der Waals surface area (Å²) in [6.07, 6.45) is 5.61. The van der Waals surface area contributed by atoms with E-state index in [1.165, 1.54) is 29.8 Å². The summed E-state index contributed by atoms with van der Waals surface area (Å²) in [6.45, 7) is 2.90. The minimum Gasteiger partial charge on any atom is -0.497 e. The molecule has 6 nitrogen and oxygen atoms in total. The molecule has 0 amide bonds. The fourth-order valence-electron chi connectivity index (χ4n) is 3.36. The van der Waals surface area contributed by atoms with Gasteiger partial charge < -0.3 is 4.74 Å². The quantitative estimate of drug-likeness (QED) is 0.311. The molecule has 0 atom stereocenters. The Bertz CT molecular complexity index is 836. The maximum atomic E-state index is 12.2. The van der Waals surface area contributed by atoms with Crippen molar-refractivity contribution in [3.8, 4) is 5.75 Å². The number of nitrogens with zero attached hydrogens (tertiary/aromatic N) is 2. The van der Waals surface area contributed by atoms with E-state index in [-0.39, 0.29) is 11.5 Å². The van der Waals surface area contributed by atoms with Crippen LogP contribution in [0.15, 0.2) is 60.7 Å². The molecule has 3 rings (SSSR count). The number of piperidine rings is 1. The van der Waals surface area contributed by atoms with Crippen molar-refractivity contribution in [3.05, 3.63) is 81.9 Å². The lowest BCUT2D eigenvalue weighted by molar-refractivity contribution is -0.384. The summed E-state index contributed by atoms with van der Waals surface area (Å²) in [5.41, 5.74) is 1.73. The van der Waals surface area contributed by atoms with Gasteiger partial charge in [0.2, 0.25) is 0 Å². The normalized spacial score (nSPS) is 15.6. The minimum absolute atomic E-state index is 0.00948. The zero-order chi connectivity index (χ0) is 19.9. The fraction of sp³-hybridized carbons (Fsp3) is 0.318. The second kappa shape index (κ2) is 9.28. The van der Waals surface area contributed by atoms with Crippen LogP contribution in [-0.2, 0) is 6.54 Å². The number of likely N-dealkylation sites (tertiary alicyclic amines) is 1. The smallest absolute Gasteiger partial charge is 0.269 e. The van der Waals surface area contributed by atoms with Gasteiger partial charge in [0.1, 0.15) is 5.75 Å². The molecule has 146 valence electrons. The van der Waals surface area contributed by atoms with Crippen LogP contribution >= 0.6 is 0 Å². The molecule has 0 bridgehead atoms. The number of ether oxygens (including phenoxy) is 1. The predicted octanol–water partition coefficient (Wildman–Crippen LogP) is 4.25. The molecule has 2 aromatic rings. The summed E-state index contributed by atoms with van der Waals surface area (Å²) in [5.74, 6) is 1.13. The molecule has 1 fully saturated rings. The predicted molar refractivity (Wildman–Crippen MR) is 108 cm³/mol. The second-order valence-electron chi connectivity index (χ2n) is 6.99. The molecule has 6 heteroatoms. The first kappa shape index (κ1) is 19.8. The minimum atomic E-state index is -0.468. The van der Waals surface area contributed by atoms with Crippen LogP contribution in [0, 0.1) is 16.0 Å².